The number of nitrogens with zero attached hydrogens (tertiary/aromatic N) is 3. The van der Waals surface area contributed by atoms with Gasteiger partial charge in [-0.05, 0) is 31.5 Å². The minimum absolute atomic E-state index is 0.594. The van der Waals surface area contributed by atoms with Crippen LogP contribution in [-0.4, -0.2) is 21.1 Å². The maximum atomic E-state index is 5.73. The van der Waals surface area contributed by atoms with Gasteiger partial charge in [0.25, 0.3) is 0 Å². The lowest BCUT2D eigenvalue weighted by molar-refractivity contribution is 0.941. The zero-order valence-corrected chi connectivity index (χ0v) is 10.9. The normalized spacial score (nSPS) is 11.1. The number of fused-ring (bicyclic) bond motifs is 1. The third kappa shape index (κ3) is 2.00. The van der Waals surface area contributed by atoms with E-state index in [1.165, 1.54) is 5.56 Å². The van der Waals surface area contributed by atoms with Gasteiger partial charge in [0.05, 0.1) is 5.69 Å². The van der Waals surface area contributed by atoms with Gasteiger partial charge in [0.15, 0.2) is 5.65 Å². The number of aryl methyl sites for hydroxylation is 1. The van der Waals surface area contributed by atoms with E-state index in [0.717, 1.165) is 28.9 Å². The molecule has 0 bridgehead atoms. The highest BCUT2D eigenvalue weighted by molar-refractivity contribution is 5.72. The second-order valence-electron chi connectivity index (χ2n) is 4.57. The fourth-order valence-electron chi connectivity index (χ4n) is 2.36. The summed E-state index contributed by atoms with van der Waals surface area (Å²) in [4.78, 5) is 4.42. The fourth-order valence-corrected chi connectivity index (χ4v) is 2.36. The van der Waals surface area contributed by atoms with Crippen molar-refractivity contribution in [2.75, 3.05) is 6.54 Å². The molecule has 3 rings (SSSR count). The van der Waals surface area contributed by atoms with Crippen molar-refractivity contribution in [3.8, 4) is 11.3 Å². The molecule has 2 heterocycles. The molecule has 4 heteroatoms. The Hall–Kier alpha value is -2.20. The first-order valence-corrected chi connectivity index (χ1v) is 6.39. The van der Waals surface area contributed by atoms with E-state index in [1.54, 1.807) is 6.20 Å². The molecule has 0 amide bonds. The van der Waals surface area contributed by atoms with E-state index >= 15 is 0 Å². The van der Waals surface area contributed by atoms with Crippen LogP contribution in [0.25, 0.3) is 16.9 Å². The molecule has 0 saturated carbocycles. The molecule has 2 N–H and O–H groups in total. The summed E-state index contributed by atoms with van der Waals surface area (Å²) in [5.74, 6) is 0. The summed E-state index contributed by atoms with van der Waals surface area (Å²) in [7, 11) is 0. The lowest BCUT2D eigenvalue weighted by atomic mass is 10.0. The molecule has 4 nitrogen and oxygen atoms in total. The summed E-state index contributed by atoms with van der Waals surface area (Å²) in [6.07, 6.45) is 4.49. The molecule has 0 aliphatic rings. The highest BCUT2D eigenvalue weighted by atomic mass is 15.2. The maximum Gasteiger partial charge on any atom is 0.158 e. The van der Waals surface area contributed by atoms with Crippen LogP contribution in [0.4, 0.5) is 0 Å². The molecule has 0 spiro atoms. The molecule has 0 aliphatic heterocycles. The summed E-state index contributed by atoms with van der Waals surface area (Å²) in [6, 6.07) is 10.1. The third-order valence-electron chi connectivity index (χ3n) is 3.29. The largest absolute Gasteiger partial charge is 0.330 e. The zero-order valence-electron chi connectivity index (χ0n) is 10.9. The molecule has 2 aromatic heterocycles. The van der Waals surface area contributed by atoms with Gasteiger partial charge in [-0.25, -0.2) is 9.50 Å². The number of benzene rings is 1. The number of aromatic nitrogens is 3. The quantitative estimate of drug-likeness (QED) is 0.777. The molecule has 0 atom stereocenters. The van der Waals surface area contributed by atoms with E-state index in [4.69, 9.17) is 5.73 Å². The first kappa shape index (κ1) is 11.9. The predicted octanol–water partition coefficient (Wildman–Crippen LogP) is 2.21. The molecule has 19 heavy (non-hydrogen) atoms. The van der Waals surface area contributed by atoms with Crippen LogP contribution in [-0.2, 0) is 6.42 Å². The average molecular weight is 252 g/mol. The van der Waals surface area contributed by atoms with Crippen molar-refractivity contribution >= 4 is 5.65 Å². The van der Waals surface area contributed by atoms with E-state index in [0.29, 0.717) is 6.54 Å². The first-order chi connectivity index (χ1) is 9.31. The second-order valence-corrected chi connectivity index (χ2v) is 4.57. The number of nitrogens with two attached hydrogens (primary N) is 1. The van der Waals surface area contributed by atoms with Crippen molar-refractivity contribution in [3.63, 3.8) is 0 Å². The molecule has 3 aromatic rings. The third-order valence-corrected chi connectivity index (χ3v) is 3.29. The van der Waals surface area contributed by atoms with E-state index in [-0.39, 0.29) is 0 Å². The second kappa shape index (κ2) is 4.82. The van der Waals surface area contributed by atoms with Crippen LogP contribution in [0.2, 0.25) is 0 Å². The summed E-state index contributed by atoms with van der Waals surface area (Å²) in [5, 5.41) is 4.66. The van der Waals surface area contributed by atoms with E-state index < -0.39 is 0 Å². The number of hydrogen-bond donors (Lipinski definition) is 1. The molecule has 96 valence electrons. The summed E-state index contributed by atoms with van der Waals surface area (Å²) in [6.45, 7) is 2.69. The Kier molecular flexibility index (Phi) is 3.01. The Bertz CT molecular complexity index is 715. The lowest BCUT2D eigenvalue weighted by Crippen LogP contribution is -2.04. The molecule has 0 unspecified atom stereocenters. The minimum atomic E-state index is 0.594. The fraction of sp³-hybridized carbons (Fsp3) is 0.200. The van der Waals surface area contributed by atoms with Crippen LogP contribution in [0.3, 0.4) is 0 Å². The van der Waals surface area contributed by atoms with Crippen LogP contribution < -0.4 is 5.73 Å². The van der Waals surface area contributed by atoms with Gasteiger partial charge in [-0.1, -0.05) is 24.3 Å². The van der Waals surface area contributed by atoms with Crippen LogP contribution in [0.15, 0.2) is 42.7 Å². The van der Waals surface area contributed by atoms with Crippen LogP contribution in [0, 0.1) is 6.92 Å². The summed E-state index contributed by atoms with van der Waals surface area (Å²) >= 11 is 0. The van der Waals surface area contributed by atoms with Crippen molar-refractivity contribution in [2.24, 2.45) is 5.73 Å². The smallest absolute Gasteiger partial charge is 0.158 e. The van der Waals surface area contributed by atoms with Gasteiger partial charge >= 0.3 is 0 Å². The van der Waals surface area contributed by atoms with Gasteiger partial charge in [-0.3, -0.25) is 0 Å². The topological polar surface area (TPSA) is 56.2 Å². The van der Waals surface area contributed by atoms with Gasteiger partial charge in [0.2, 0.25) is 0 Å². The van der Waals surface area contributed by atoms with E-state index in [2.05, 4.69) is 29.1 Å². The molecular weight excluding hydrogens is 236 g/mol. The molecule has 0 saturated heterocycles. The first-order valence-electron chi connectivity index (χ1n) is 6.39. The number of rotatable bonds is 3. The Labute approximate surface area is 111 Å². The maximum absolute atomic E-state index is 5.73. The zero-order chi connectivity index (χ0) is 13.2. The summed E-state index contributed by atoms with van der Waals surface area (Å²) in [5.41, 5.74) is 11.1. The molecule has 0 radical (unpaired) electrons. The van der Waals surface area contributed by atoms with Crippen LogP contribution >= 0.6 is 0 Å². The van der Waals surface area contributed by atoms with Crippen LogP contribution in [0.5, 0.6) is 0 Å². The summed E-state index contributed by atoms with van der Waals surface area (Å²) < 4.78 is 1.83. The Morgan fingerprint density at radius 2 is 2.05 bits per heavy atom. The highest BCUT2D eigenvalue weighted by Crippen LogP contribution is 2.27. The lowest BCUT2D eigenvalue weighted by Gasteiger charge is -2.04. The van der Waals surface area contributed by atoms with Gasteiger partial charge in [0.1, 0.15) is 0 Å². The molecule has 1 aromatic carbocycles. The Morgan fingerprint density at radius 1 is 1.21 bits per heavy atom. The van der Waals surface area contributed by atoms with Gasteiger partial charge in [-0.15, -0.1) is 0 Å². The Balaban J connectivity index is 2.28. The molecular formula is C15H16N4. The van der Waals surface area contributed by atoms with Gasteiger partial charge in [-0.2, -0.15) is 5.10 Å². The van der Waals surface area contributed by atoms with E-state index in [9.17, 15) is 0 Å². The van der Waals surface area contributed by atoms with Crippen molar-refractivity contribution < 1.29 is 0 Å². The van der Waals surface area contributed by atoms with Crippen LogP contribution in [0.1, 0.15) is 11.1 Å². The molecule has 0 aliphatic carbocycles. The highest BCUT2D eigenvalue weighted by Gasteiger charge is 2.15. The van der Waals surface area contributed by atoms with Crippen molar-refractivity contribution in [1.29, 1.82) is 0 Å². The Morgan fingerprint density at radius 3 is 2.84 bits per heavy atom. The predicted molar refractivity (Wildman–Crippen MR) is 75.9 cm³/mol. The van der Waals surface area contributed by atoms with Gasteiger partial charge < -0.3 is 5.73 Å². The van der Waals surface area contributed by atoms with Gasteiger partial charge in [0, 0.05) is 23.5 Å². The number of hydrogen-bond acceptors (Lipinski definition) is 3. The minimum Gasteiger partial charge on any atom is -0.330 e. The van der Waals surface area contributed by atoms with Crippen molar-refractivity contribution in [1.82, 2.24) is 14.6 Å². The standard InChI is InChI=1S/C15H16N4/c1-11-5-2-3-6-12(11)14-13(7-8-16)15-17-9-4-10-19(15)18-14/h2-6,9-10H,7-8,16H2,1H3. The molecule has 0 fully saturated rings. The SMILES string of the molecule is Cc1ccccc1-c1nn2cccnc2c1CCN. The van der Waals surface area contributed by atoms with Crippen molar-refractivity contribution in [3.05, 3.63) is 53.9 Å². The average Bonchev–Trinajstić information content (AvgIpc) is 2.79. The van der Waals surface area contributed by atoms with Crippen molar-refractivity contribution in [2.45, 2.75) is 13.3 Å². The van der Waals surface area contributed by atoms with E-state index in [1.807, 2.05) is 28.9 Å². The monoisotopic (exact) mass is 252 g/mol.